The molecule has 0 aliphatic carbocycles. The van der Waals surface area contributed by atoms with Crippen molar-refractivity contribution < 1.29 is 9.53 Å². The van der Waals surface area contributed by atoms with Gasteiger partial charge in [0.25, 0.3) is 5.91 Å². The van der Waals surface area contributed by atoms with Gasteiger partial charge in [0.05, 0.1) is 12.4 Å². The molecule has 2 heterocycles. The maximum Gasteiger partial charge on any atom is 0.268 e. The average molecular weight is 250 g/mol. The third-order valence-corrected chi connectivity index (χ3v) is 3.00. The molecule has 6 nitrogen and oxygen atoms in total. The van der Waals surface area contributed by atoms with Crippen molar-refractivity contribution in [3.8, 4) is 0 Å². The third kappa shape index (κ3) is 3.66. The Morgan fingerprint density at radius 2 is 2.44 bits per heavy atom. The van der Waals surface area contributed by atoms with Crippen LogP contribution in [0.3, 0.4) is 0 Å². The molecule has 0 spiro atoms. The van der Waals surface area contributed by atoms with Crippen molar-refractivity contribution in [1.82, 2.24) is 9.97 Å². The van der Waals surface area contributed by atoms with Crippen LogP contribution in [0, 0.1) is 5.92 Å². The van der Waals surface area contributed by atoms with E-state index < -0.39 is 5.91 Å². The Morgan fingerprint density at radius 1 is 1.56 bits per heavy atom. The van der Waals surface area contributed by atoms with Crippen LogP contribution in [0.1, 0.15) is 29.8 Å². The largest absolute Gasteiger partial charge is 0.381 e. The summed E-state index contributed by atoms with van der Waals surface area (Å²) in [6.07, 6.45) is 6.34. The van der Waals surface area contributed by atoms with Crippen LogP contribution in [0.2, 0.25) is 0 Å². The molecule has 0 aromatic carbocycles. The minimum absolute atomic E-state index is 0.181. The van der Waals surface area contributed by atoms with Gasteiger partial charge in [-0.2, -0.15) is 0 Å². The fourth-order valence-electron chi connectivity index (χ4n) is 2.01. The Balaban J connectivity index is 1.78. The van der Waals surface area contributed by atoms with Crippen molar-refractivity contribution in [3.63, 3.8) is 0 Å². The Kier molecular flexibility index (Phi) is 4.46. The predicted octanol–water partition coefficient (Wildman–Crippen LogP) is 0.804. The van der Waals surface area contributed by atoms with Crippen molar-refractivity contribution in [3.05, 3.63) is 18.1 Å². The quantitative estimate of drug-likeness (QED) is 0.806. The zero-order valence-corrected chi connectivity index (χ0v) is 10.3. The Bertz CT molecular complexity index is 405. The molecule has 1 atom stereocenters. The van der Waals surface area contributed by atoms with Gasteiger partial charge in [-0.15, -0.1) is 0 Å². The summed E-state index contributed by atoms with van der Waals surface area (Å²) in [4.78, 5) is 18.9. The van der Waals surface area contributed by atoms with Crippen LogP contribution in [0.5, 0.6) is 0 Å². The van der Waals surface area contributed by atoms with Crippen LogP contribution in [0.4, 0.5) is 5.82 Å². The smallest absolute Gasteiger partial charge is 0.268 e. The van der Waals surface area contributed by atoms with Gasteiger partial charge in [-0.3, -0.25) is 9.78 Å². The first-order valence-corrected chi connectivity index (χ1v) is 6.19. The van der Waals surface area contributed by atoms with Gasteiger partial charge in [-0.1, -0.05) is 0 Å². The molecule has 0 unspecified atom stereocenters. The molecule has 1 aliphatic heterocycles. The normalized spacial score (nSPS) is 19.4. The number of carbonyl (C=O) groups excluding carboxylic acids is 1. The molecule has 98 valence electrons. The minimum Gasteiger partial charge on any atom is -0.381 e. The number of hydrogen-bond donors (Lipinski definition) is 2. The third-order valence-electron chi connectivity index (χ3n) is 3.00. The first-order valence-electron chi connectivity index (χ1n) is 6.19. The summed E-state index contributed by atoms with van der Waals surface area (Å²) in [6.45, 7) is 2.52. The monoisotopic (exact) mass is 250 g/mol. The predicted molar refractivity (Wildman–Crippen MR) is 67.2 cm³/mol. The van der Waals surface area contributed by atoms with E-state index in [0.29, 0.717) is 11.7 Å². The highest BCUT2D eigenvalue weighted by Crippen LogP contribution is 2.16. The van der Waals surface area contributed by atoms with Gasteiger partial charge in [0.1, 0.15) is 11.5 Å². The number of amides is 1. The fourth-order valence-corrected chi connectivity index (χ4v) is 2.01. The van der Waals surface area contributed by atoms with Crippen molar-refractivity contribution in [2.45, 2.75) is 19.3 Å². The molecule has 3 N–H and O–H groups in total. The molecular formula is C12H18N4O2. The number of nitrogens with zero attached hydrogens (tertiary/aromatic N) is 2. The van der Waals surface area contributed by atoms with E-state index in [4.69, 9.17) is 10.5 Å². The highest BCUT2D eigenvalue weighted by molar-refractivity contribution is 5.90. The summed E-state index contributed by atoms with van der Waals surface area (Å²) in [6, 6.07) is 0. The number of hydrogen-bond acceptors (Lipinski definition) is 5. The molecule has 1 amide bonds. The van der Waals surface area contributed by atoms with Crippen LogP contribution in [0.15, 0.2) is 12.4 Å². The zero-order chi connectivity index (χ0) is 12.8. The van der Waals surface area contributed by atoms with E-state index in [0.717, 1.165) is 32.6 Å². The van der Waals surface area contributed by atoms with E-state index >= 15 is 0 Å². The SMILES string of the molecule is NC(=O)c1cncc(NCC[C@@H]2CCCOC2)n1. The van der Waals surface area contributed by atoms with Gasteiger partial charge < -0.3 is 15.8 Å². The molecule has 0 radical (unpaired) electrons. The van der Waals surface area contributed by atoms with Crippen LogP contribution in [-0.4, -0.2) is 35.6 Å². The van der Waals surface area contributed by atoms with E-state index in [2.05, 4.69) is 15.3 Å². The van der Waals surface area contributed by atoms with Gasteiger partial charge in [-0.25, -0.2) is 4.98 Å². The molecule has 18 heavy (non-hydrogen) atoms. The number of aromatic nitrogens is 2. The molecule has 1 aliphatic rings. The van der Waals surface area contributed by atoms with E-state index in [-0.39, 0.29) is 5.69 Å². The average Bonchev–Trinajstić information content (AvgIpc) is 2.40. The number of ether oxygens (including phenoxy) is 1. The van der Waals surface area contributed by atoms with E-state index in [1.807, 2.05) is 0 Å². The molecular weight excluding hydrogens is 232 g/mol. The van der Waals surface area contributed by atoms with E-state index in [9.17, 15) is 4.79 Å². The highest BCUT2D eigenvalue weighted by Gasteiger charge is 2.13. The van der Waals surface area contributed by atoms with Gasteiger partial charge in [0.2, 0.25) is 0 Å². The number of nitrogens with two attached hydrogens (primary N) is 1. The summed E-state index contributed by atoms with van der Waals surface area (Å²) in [5.41, 5.74) is 5.32. The van der Waals surface area contributed by atoms with Gasteiger partial charge >= 0.3 is 0 Å². The summed E-state index contributed by atoms with van der Waals surface area (Å²) < 4.78 is 5.42. The Morgan fingerprint density at radius 3 is 3.17 bits per heavy atom. The van der Waals surface area contributed by atoms with Gasteiger partial charge in [-0.05, 0) is 25.2 Å². The lowest BCUT2D eigenvalue weighted by molar-refractivity contribution is 0.0530. The summed E-state index contributed by atoms with van der Waals surface area (Å²) in [5, 5.41) is 3.15. The number of primary amides is 1. The molecule has 1 fully saturated rings. The number of rotatable bonds is 5. The lowest BCUT2D eigenvalue weighted by atomic mass is 9.99. The standard InChI is InChI=1S/C12H18N4O2/c13-12(17)10-6-14-7-11(16-10)15-4-3-9-2-1-5-18-8-9/h6-7,9H,1-5,8H2,(H2,13,17)(H,15,16)/t9-/m0/s1. The zero-order valence-electron chi connectivity index (χ0n) is 10.3. The Labute approximate surface area is 106 Å². The molecule has 1 aromatic heterocycles. The maximum absolute atomic E-state index is 10.9. The number of nitrogens with one attached hydrogen (secondary N) is 1. The lowest BCUT2D eigenvalue weighted by Crippen LogP contribution is -2.20. The van der Waals surface area contributed by atoms with Crippen molar-refractivity contribution in [2.75, 3.05) is 25.1 Å². The van der Waals surface area contributed by atoms with Gasteiger partial charge in [0.15, 0.2) is 0 Å². The summed E-state index contributed by atoms with van der Waals surface area (Å²) >= 11 is 0. The van der Waals surface area contributed by atoms with E-state index in [1.165, 1.54) is 12.6 Å². The molecule has 1 aromatic rings. The second-order valence-electron chi connectivity index (χ2n) is 4.45. The second kappa shape index (κ2) is 6.30. The number of anilines is 1. The minimum atomic E-state index is -0.563. The van der Waals surface area contributed by atoms with Crippen LogP contribution < -0.4 is 11.1 Å². The highest BCUT2D eigenvalue weighted by atomic mass is 16.5. The molecule has 0 saturated carbocycles. The van der Waals surface area contributed by atoms with Crippen LogP contribution >= 0.6 is 0 Å². The molecule has 6 heteroatoms. The second-order valence-corrected chi connectivity index (χ2v) is 4.45. The lowest BCUT2D eigenvalue weighted by Gasteiger charge is -2.21. The Hall–Kier alpha value is -1.69. The molecule has 1 saturated heterocycles. The topological polar surface area (TPSA) is 90.1 Å². The first kappa shape index (κ1) is 12.8. The summed E-state index contributed by atoms with van der Waals surface area (Å²) in [5.74, 6) is 0.633. The first-order chi connectivity index (χ1) is 8.75. The van der Waals surface area contributed by atoms with Crippen LogP contribution in [-0.2, 0) is 4.74 Å². The van der Waals surface area contributed by atoms with Crippen molar-refractivity contribution >= 4 is 11.7 Å². The fraction of sp³-hybridized carbons (Fsp3) is 0.583. The molecule has 2 rings (SSSR count). The number of carbonyl (C=O) groups is 1. The van der Waals surface area contributed by atoms with E-state index in [1.54, 1.807) is 6.20 Å². The summed E-state index contributed by atoms with van der Waals surface area (Å²) in [7, 11) is 0. The molecule has 0 bridgehead atoms. The van der Waals surface area contributed by atoms with Crippen LogP contribution in [0.25, 0.3) is 0 Å². The van der Waals surface area contributed by atoms with Gasteiger partial charge in [0, 0.05) is 19.8 Å². The maximum atomic E-state index is 10.9. The van der Waals surface area contributed by atoms with Crippen molar-refractivity contribution in [2.24, 2.45) is 11.7 Å². The van der Waals surface area contributed by atoms with Crippen molar-refractivity contribution in [1.29, 1.82) is 0 Å².